The SMILES string of the molecule is O=C(NCc1ccc2c(c1)OCO2)c1nc(-c2ccc(N3CCCCCC3)cc2)no1. The molecule has 1 fully saturated rings. The highest BCUT2D eigenvalue weighted by atomic mass is 16.7. The van der Waals surface area contributed by atoms with E-state index in [0.29, 0.717) is 23.9 Å². The van der Waals surface area contributed by atoms with Gasteiger partial charge < -0.3 is 24.2 Å². The van der Waals surface area contributed by atoms with Crippen molar-refractivity contribution in [1.82, 2.24) is 15.5 Å². The molecule has 0 bridgehead atoms. The molecule has 0 spiro atoms. The van der Waals surface area contributed by atoms with Gasteiger partial charge in [0.2, 0.25) is 12.6 Å². The van der Waals surface area contributed by atoms with Gasteiger partial charge in [-0.15, -0.1) is 0 Å². The summed E-state index contributed by atoms with van der Waals surface area (Å²) in [5, 5.41) is 6.76. The number of aromatic nitrogens is 2. The zero-order valence-corrected chi connectivity index (χ0v) is 17.2. The minimum atomic E-state index is -0.419. The van der Waals surface area contributed by atoms with Crippen LogP contribution in [-0.4, -0.2) is 35.9 Å². The zero-order chi connectivity index (χ0) is 21.0. The summed E-state index contributed by atoms with van der Waals surface area (Å²) in [7, 11) is 0. The summed E-state index contributed by atoms with van der Waals surface area (Å²) in [6.07, 6.45) is 5.07. The van der Waals surface area contributed by atoms with Crippen molar-refractivity contribution >= 4 is 11.6 Å². The van der Waals surface area contributed by atoms with Crippen LogP contribution in [0.2, 0.25) is 0 Å². The third kappa shape index (κ3) is 4.33. The lowest BCUT2D eigenvalue weighted by Gasteiger charge is -2.22. The number of fused-ring (bicyclic) bond motifs is 1. The lowest BCUT2D eigenvalue weighted by molar-refractivity contribution is 0.0907. The van der Waals surface area contributed by atoms with Crippen LogP contribution in [-0.2, 0) is 6.54 Å². The Morgan fingerprint density at radius 3 is 2.55 bits per heavy atom. The molecule has 0 atom stereocenters. The second-order valence-electron chi connectivity index (χ2n) is 7.74. The van der Waals surface area contributed by atoms with Crippen molar-refractivity contribution in [3.8, 4) is 22.9 Å². The molecule has 5 rings (SSSR count). The number of rotatable bonds is 5. The first kappa shape index (κ1) is 19.4. The minimum Gasteiger partial charge on any atom is -0.454 e. The molecule has 1 amide bonds. The van der Waals surface area contributed by atoms with E-state index in [1.807, 2.05) is 30.3 Å². The highest BCUT2D eigenvalue weighted by Crippen LogP contribution is 2.32. The molecule has 3 aromatic rings. The van der Waals surface area contributed by atoms with Crippen LogP contribution in [0.3, 0.4) is 0 Å². The van der Waals surface area contributed by atoms with Crippen LogP contribution in [0.25, 0.3) is 11.4 Å². The summed E-state index contributed by atoms with van der Waals surface area (Å²) in [6.45, 7) is 2.72. The van der Waals surface area contributed by atoms with E-state index in [0.717, 1.165) is 24.2 Å². The fraction of sp³-hybridized carbons (Fsp3) is 0.348. The van der Waals surface area contributed by atoms with Crippen molar-refractivity contribution in [1.29, 1.82) is 0 Å². The van der Waals surface area contributed by atoms with Crippen molar-refractivity contribution < 1.29 is 18.8 Å². The van der Waals surface area contributed by atoms with E-state index in [9.17, 15) is 4.79 Å². The summed E-state index contributed by atoms with van der Waals surface area (Å²) >= 11 is 0. The average molecular weight is 420 g/mol. The number of ether oxygens (including phenoxy) is 2. The highest BCUT2D eigenvalue weighted by Gasteiger charge is 2.18. The monoisotopic (exact) mass is 420 g/mol. The van der Waals surface area contributed by atoms with E-state index in [4.69, 9.17) is 14.0 Å². The smallest absolute Gasteiger partial charge is 0.316 e. The van der Waals surface area contributed by atoms with Gasteiger partial charge in [0.25, 0.3) is 0 Å². The number of carbonyl (C=O) groups is 1. The molecule has 3 heterocycles. The third-order valence-corrected chi connectivity index (χ3v) is 5.61. The van der Waals surface area contributed by atoms with Gasteiger partial charge in [-0.05, 0) is 54.8 Å². The Balaban J connectivity index is 1.21. The second-order valence-corrected chi connectivity index (χ2v) is 7.74. The zero-order valence-electron chi connectivity index (χ0n) is 17.2. The molecule has 2 aliphatic heterocycles. The average Bonchev–Trinajstić information content (AvgIpc) is 3.41. The van der Waals surface area contributed by atoms with Crippen molar-refractivity contribution in [3.05, 3.63) is 53.9 Å². The summed E-state index contributed by atoms with van der Waals surface area (Å²) in [4.78, 5) is 19.1. The van der Waals surface area contributed by atoms with Crippen molar-refractivity contribution in [2.45, 2.75) is 32.2 Å². The Hall–Kier alpha value is -3.55. The molecule has 1 aromatic heterocycles. The number of carbonyl (C=O) groups excluding carboxylic acids is 1. The molecule has 2 aromatic carbocycles. The molecule has 1 saturated heterocycles. The van der Waals surface area contributed by atoms with Gasteiger partial charge in [0.15, 0.2) is 11.5 Å². The molecular weight excluding hydrogens is 396 g/mol. The molecule has 1 N–H and O–H groups in total. The summed E-state index contributed by atoms with van der Waals surface area (Å²) in [6, 6.07) is 13.6. The predicted octanol–water partition coefficient (Wildman–Crippen LogP) is 3.78. The lowest BCUT2D eigenvalue weighted by Crippen LogP contribution is -2.23. The van der Waals surface area contributed by atoms with Gasteiger partial charge in [-0.25, -0.2) is 0 Å². The number of benzene rings is 2. The number of hydrogen-bond acceptors (Lipinski definition) is 7. The molecule has 0 saturated carbocycles. The highest BCUT2D eigenvalue weighted by molar-refractivity contribution is 5.89. The van der Waals surface area contributed by atoms with Gasteiger partial charge in [-0.3, -0.25) is 4.79 Å². The molecule has 2 aliphatic rings. The molecule has 160 valence electrons. The third-order valence-electron chi connectivity index (χ3n) is 5.61. The van der Waals surface area contributed by atoms with Crippen molar-refractivity contribution in [2.75, 3.05) is 24.8 Å². The summed E-state index contributed by atoms with van der Waals surface area (Å²) < 4.78 is 15.8. The van der Waals surface area contributed by atoms with Crippen LogP contribution in [0.4, 0.5) is 5.69 Å². The van der Waals surface area contributed by atoms with Crippen LogP contribution in [0.1, 0.15) is 41.9 Å². The molecule has 8 nitrogen and oxygen atoms in total. The summed E-state index contributed by atoms with van der Waals surface area (Å²) in [5.74, 6) is 1.30. The first-order chi connectivity index (χ1) is 15.3. The van der Waals surface area contributed by atoms with Crippen LogP contribution < -0.4 is 19.7 Å². The van der Waals surface area contributed by atoms with E-state index < -0.39 is 5.91 Å². The molecule has 8 heteroatoms. The predicted molar refractivity (Wildman–Crippen MR) is 114 cm³/mol. The molecule has 0 unspecified atom stereocenters. The normalized spacial score (nSPS) is 15.5. The fourth-order valence-corrected chi connectivity index (χ4v) is 3.89. The van der Waals surface area contributed by atoms with E-state index in [-0.39, 0.29) is 12.7 Å². The van der Waals surface area contributed by atoms with E-state index in [1.54, 1.807) is 0 Å². The first-order valence-corrected chi connectivity index (χ1v) is 10.6. The molecule has 31 heavy (non-hydrogen) atoms. The Labute approximate surface area is 180 Å². The quantitative estimate of drug-likeness (QED) is 0.672. The van der Waals surface area contributed by atoms with Gasteiger partial charge >= 0.3 is 11.8 Å². The van der Waals surface area contributed by atoms with E-state index >= 15 is 0 Å². The molecule has 0 aliphatic carbocycles. The largest absolute Gasteiger partial charge is 0.454 e. The lowest BCUT2D eigenvalue weighted by atomic mass is 10.2. The molecular formula is C23H24N4O4. The Kier molecular flexibility index (Phi) is 5.43. The van der Waals surface area contributed by atoms with Crippen molar-refractivity contribution in [2.24, 2.45) is 0 Å². The number of hydrogen-bond donors (Lipinski definition) is 1. The number of nitrogens with one attached hydrogen (secondary N) is 1. The van der Waals surface area contributed by atoms with E-state index in [1.165, 1.54) is 31.4 Å². The Morgan fingerprint density at radius 1 is 0.968 bits per heavy atom. The maximum Gasteiger partial charge on any atom is 0.316 e. The maximum absolute atomic E-state index is 12.4. The van der Waals surface area contributed by atoms with Crippen LogP contribution in [0, 0.1) is 0 Å². The number of nitrogens with zero attached hydrogens (tertiary/aromatic N) is 3. The van der Waals surface area contributed by atoms with Gasteiger partial charge in [-0.2, -0.15) is 4.98 Å². The first-order valence-electron chi connectivity index (χ1n) is 10.6. The van der Waals surface area contributed by atoms with Crippen LogP contribution in [0.5, 0.6) is 11.5 Å². The molecule has 0 radical (unpaired) electrons. The van der Waals surface area contributed by atoms with Crippen molar-refractivity contribution in [3.63, 3.8) is 0 Å². The summed E-state index contributed by atoms with van der Waals surface area (Å²) in [5.41, 5.74) is 2.91. The maximum atomic E-state index is 12.4. The van der Waals surface area contributed by atoms with Gasteiger partial charge in [0.05, 0.1) is 0 Å². The minimum absolute atomic E-state index is 0.0627. The van der Waals surface area contributed by atoms with E-state index in [2.05, 4.69) is 32.5 Å². The Bertz CT molecular complexity index is 1060. The topological polar surface area (TPSA) is 89.7 Å². The van der Waals surface area contributed by atoms with Crippen LogP contribution >= 0.6 is 0 Å². The van der Waals surface area contributed by atoms with Gasteiger partial charge in [-0.1, -0.05) is 24.1 Å². The number of anilines is 1. The van der Waals surface area contributed by atoms with Gasteiger partial charge in [0, 0.05) is 30.9 Å². The fourth-order valence-electron chi connectivity index (χ4n) is 3.89. The second kappa shape index (κ2) is 8.67. The van der Waals surface area contributed by atoms with Gasteiger partial charge in [0.1, 0.15) is 0 Å². The number of amides is 1. The van der Waals surface area contributed by atoms with Crippen LogP contribution in [0.15, 0.2) is 47.0 Å². The standard InChI is InChI=1S/C23H24N4O4/c28-22(24-14-16-5-10-19-20(13-16)30-15-29-19)23-25-21(26-31-23)17-6-8-18(9-7-17)27-11-3-1-2-4-12-27/h5-10,13H,1-4,11-12,14-15H2,(H,24,28). The Morgan fingerprint density at radius 2 is 1.74 bits per heavy atom.